The number of rotatable bonds is 9. The van der Waals surface area contributed by atoms with Gasteiger partial charge in [-0.2, -0.15) is 0 Å². The molecule has 32 heavy (non-hydrogen) atoms. The Morgan fingerprint density at radius 2 is 1.69 bits per heavy atom. The number of hydrogen-bond acceptors (Lipinski definition) is 5. The Morgan fingerprint density at radius 1 is 1.00 bits per heavy atom. The van der Waals surface area contributed by atoms with Crippen molar-refractivity contribution in [3.8, 4) is 5.69 Å². The van der Waals surface area contributed by atoms with Crippen molar-refractivity contribution in [1.29, 1.82) is 0 Å². The Hall–Kier alpha value is -2.62. The fraction of sp³-hybridized carbons (Fsp3) is 0.304. The molecule has 2 N–H and O–H groups in total. The number of nitrogens with one attached hydrogen (secondary N) is 2. The zero-order valence-corrected chi connectivity index (χ0v) is 20.3. The molecule has 0 atom stereocenters. The van der Waals surface area contributed by atoms with Gasteiger partial charge in [-0.05, 0) is 62.1 Å². The molecule has 2 aromatic carbocycles. The maximum Gasteiger partial charge on any atom is 0.240 e. The first kappa shape index (κ1) is 24.0. The molecule has 0 unspecified atom stereocenters. The van der Waals surface area contributed by atoms with E-state index < -0.39 is 10.0 Å². The van der Waals surface area contributed by atoms with Gasteiger partial charge >= 0.3 is 0 Å². The van der Waals surface area contributed by atoms with Gasteiger partial charge in [-0.3, -0.25) is 9.36 Å². The summed E-state index contributed by atoms with van der Waals surface area (Å²) in [7, 11) is -3.62. The molecule has 0 saturated heterocycles. The predicted molar refractivity (Wildman–Crippen MR) is 128 cm³/mol. The van der Waals surface area contributed by atoms with Crippen LogP contribution in [0.15, 0.2) is 58.8 Å². The fourth-order valence-corrected chi connectivity index (χ4v) is 5.36. The summed E-state index contributed by atoms with van der Waals surface area (Å²) in [5.41, 5.74) is 4.86. The highest BCUT2D eigenvalue weighted by Gasteiger charge is 2.16. The lowest BCUT2D eigenvalue weighted by Crippen LogP contribution is -2.35. The van der Waals surface area contributed by atoms with Crippen molar-refractivity contribution >= 4 is 27.7 Å². The largest absolute Gasteiger partial charge is 0.354 e. The van der Waals surface area contributed by atoms with E-state index in [9.17, 15) is 13.2 Å². The molecule has 1 amide bonds. The van der Waals surface area contributed by atoms with Crippen molar-refractivity contribution in [1.82, 2.24) is 19.6 Å². The van der Waals surface area contributed by atoms with Gasteiger partial charge in [0.2, 0.25) is 15.9 Å². The summed E-state index contributed by atoms with van der Waals surface area (Å²) >= 11 is 1.34. The van der Waals surface area contributed by atoms with E-state index in [2.05, 4.69) is 33.2 Å². The molecule has 1 heterocycles. The summed E-state index contributed by atoms with van der Waals surface area (Å²) in [6.07, 6.45) is 3.59. The SMILES string of the molecule is Cc1ccc(C)c(-n2ccnc2SCC(=O)NCCNS(=O)(=O)c2cc(C)ccc2C)c1. The van der Waals surface area contributed by atoms with Crippen molar-refractivity contribution < 1.29 is 13.2 Å². The first-order chi connectivity index (χ1) is 15.2. The second-order valence-corrected chi connectivity index (χ2v) is 10.4. The lowest BCUT2D eigenvalue weighted by Gasteiger charge is -2.12. The maximum absolute atomic E-state index is 12.5. The minimum Gasteiger partial charge on any atom is -0.354 e. The Kier molecular flexibility index (Phi) is 7.76. The molecule has 0 aliphatic heterocycles. The number of imidazole rings is 1. The van der Waals surface area contributed by atoms with E-state index >= 15 is 0 Å². The summed E-state index contributed by atoms with van der Waals surface area (Å²) in [5, 5.41) is 3.48. The molecule has 0 spiro atoms. The lowest BCUT2D eigenvalue weighted by molar-refractivity contribution is -0.118. The molecule has 0 saturated carbocycles. The van der Waals surface area contributed by atoms with Gasteiger partial charge in [0.05, 0.1) is 16.3 Å². The Labute approximate surface area is 193 Å². The number of sulfonamides is 1. The van der Waals surface area contributed by atoms with E-state index in [-0.39, 0.29) is 29.6 Å². The number of amides is 1. The average molecular weight is 473 g/mol. The number of nitrogens with zero attached hydrogens (tertiary/aromatic N) is 2. The number of thioether (sulfide) groups is 1. The zero-order valence-electron chi connectivity index (χ0n) is 18.7. The predicted octanol–water partition coefficient (Wildman–Crippen LogP) is 3.29. The van der Waals surface area contributed by atoms with Crippen LogP contribution >= 0.6 is 11.8 Å². The molecule has 9 heteroatoms. The van der Waals surface area contributed by atoms with E-state index in [4.69, 9.17) is 0 Å². The van der Waals surface area contributed by atoms with Gasteiger partial charge in [-0.25, -0.2) is 18.1 Å². The first-order valence-electron chi connectivity index (χ1n) is 10.2. The normalized spacial score (nSPS) is 11.5. The smallest absolute Gasteiger partial charge is 0.240 e. The molecular weight excluding hydrogens is 444 g/mol. The molecule has 170 valence electrons. The number of aryl methyl sites for hydroxylation is 4. The van der Waals surface area contributed by atoms with Crippen molar-refractivity contribution in [2.24, 2.45) is 0 Å². The maximum atomic E-state index is 12.5. The van der Waals surface area contributed by atoms with Crippen molar-refractivity contribution in [2.45, 2.75) is 37.7 Å². The highest BCUT2D eigenvalue weighted by Crippen LogP contribution is 2.23. The average Bonchev–Trinajstić information content (AvgIpc) is 3.21. The Morgan fingerprint density at radius 3 is 2.44 bits per heavy atom. The number of carbonyl (C=O) groups is 1. The second kappa shape index (κ2) is 10.3. The third-order valence-electron chi connectivity index (χ3n) is 4.94. The summed E-state index contributed by atoms with van der Waals surface area (Å²) in [6.45, 7) is 8.00. The van der Waals surface area contributed by atoms with Gasteiger partial charge in [0.1, 0.15) is 0 Å². The molecular formula is C23H28N4O3S2. The number of carbonyl (C=O) groups excluding carboxylic acids is 1. The van der Waals surface area contributed by atoms with Gasteiger partial charge in [-0.1, -0.05) is 36.0 Å². The first-order valence-corrected chi connectivity index (χ1v) is 12.7. The van der Waals surface area contributed by atoms with E-state index in [0.29, 0.717) is 5.56 Å². The number of benzene rings is 2. The van der Waals surface area contributed by atoms with Gasteiger partial charge in [0, 0.05) is 25.5 Å². The third-order valence-corrected chi connectivity index (χ3v) is 7.51. The molecule has 7 nitrogen and oxygen atoms in total. The molecule has 1 aromatic heterocycles. The number of hydrogen-bond donors (Lipinski definition) is 2. The molecule has 0 fully saturated rings. The standard InChI is InChI=1S/C23H28N4O3S2/c1-16-5-7-18(3)20(13-16)27-12-11-25-23(27)31-15-22(28)24-9-10-26-32(29,30)21-14-17(2)6-8-19(21)4/h5-8,11-14,26H,9-10,15H2,1-4H3,(H,24,28). The van der Waals surface area contributed by atoms with Crippen LogP contribution in [0.2, 0.25) is 0 Å². The van der Waals surface area contributed by atoms with Crippen LogP contribution in [0, 0.1) is 27.7 Å². The monoisotopic (exact) mass is 472 g/mol. The van der Waals surface area contributed by atoms with Crippen LogP contribution in [-0.4, -0.2) is 42.7 Å². The summed E-state index contributed by atoms with van der Waals surface area (Å²) in [6, 6.07) is 11.5. The lowest BCUT2D eigenvalue weighted by atomic mass is 10.1. The van der Waals surface area contributed by atoms with Gasteiger partial charge in [0.15, 0.2) is 5.16 Å². The Bertz CT molecular complexity index is 1220. The highest BCUT2D eigenvalue weighted by molar-refractivity contribution is 7.99. The zero-order chi connectivity index (χ0) is 23.3. The van der Waals surface area contributed by atoms with Crippen molar-refractivity contribution in [2.75, 3.05) is 18.8 Å². The van der Waals surface area contributed by atoms with Crippen LogP contribution in [0.1, 0.15) is 22.3 Å². The van der Waals surface area contributed by atoms with Gasteiger partial charge < -0.3 is 5.32 Å². The van der Waals surface area contributed by atoms with Gasteiger partial charge in [-0.15, -0.1) is 0 Å². The van der Waals surface area contributed by atoms with Crippen LogP contribution in [0.3, 0.4) is 0 Å². The molecule has 3 rings (SSSR count). The highest BCUT2D eigenvalue weighted by atomic mass is 32.2. The van der Waals surface area contributed by atoms with Gasteiger partial charge in [0.25, 0.3) is 0 Å². The third kappa shape index (κ3) is 5.99. The minimum absolute atomic E-state index is 0.114. The van der Waals surface area contributed by atoms with Crippen LogP contribution in [-0.2, 0) is 14.8 Å². The Balaban J connectivity index is 1.50. The second-order valence-electron chi connectivity index (χ2n) is 7.68. The van der Waals surface area contributed by atoms with Crippen LogP contribution in [0.4, 0.5) is 0 Å². The quantitative estimate of drug-likeness (QED) is 0.368. The van der Waals surface area contributed by atoms with Crippen LogP contribution in [0.5, 0.6) is 0 Å². The summed E-state index contributed by atoms with van der Waals surface area (Å²) in [5.74, 6) is 0.00228. The molecule has 3 aromatic rings. The van der Waals surface area contributed by atoms with E-state index in [1.54, 1.807) is 25.3 Å². The fourth-order valence-electron chi connectivity index (χ4n) is 3.20. The topological polar surface area (TPSA) is 93.1 Å². The number of aromatic nitrogens is 2. The minimum atomic E-state index is -3.62. The summed E-state index contributed by atoms with van der Waals surface area (Å²) in [4.78, 5) is 16.9. The molecule has 0 bridgehead atoms. The van der Waals surface area contributed by atoms with Crippen molar-refractivity contribution in [3.05, 3.63) is 71.0 Å². The molecule has 0 radical (unpaired) electrons. The van der Waals surface area contributed by atoms with E-state index in [1.807, 2.05) is 37.6 Å². The molecule has 0 aliphatic carbocycles. The van der Waals surface area contributed by atoms with E-state index in [0.717, 1.165) is 27.5 Å². The van der Waals surface area contributed by atoms with E-state index in [1.165, 1.54) is 11.8 Å². The van der Waals surface area contributed by atoms with Crippen molar-refractivity contribution in [3.63, 3.8) is 0 Å². The van der Waals surface area contributed by atoms with Crippen LogP contribution < -0.4 is 10.0 Å². The molecule has 0 aliphatic rings. The summed E-state index contributed by atoms with van der Waals surface area (Å²) < 4.78 is 29.5. The van der Waals surface area contributed by atoms with Crippen LogP contribution in [0.25, 0.3) is 5.69 Å².